The van der Waals surface area contributed by atoms with Crippen LogP contribution in [0, 0.1) is 0 Å². The van der Waals surface area contributed by atoms with Crippen molar-refractivity contribution in [2.45, 2.75) is 19.0 Å². The van der Waals surface area contributed by atoms with Crippen molar-refractivity contribution >= 4 is 22.7 Å². The molecule has 104 valence electrons. The predicted octanol–water partition coefficient (Wildman–Crippen LogP) is 3.78. The van der Waals surface area contributed by atoms with Crippen LogP contribution < -0.4 is 5.32 Å². The molecule has 0 aliphatic carbocycles. The fourth-order valence-corrected chi connectivity index (χ4v) is 3.89. The summed E-state index contributed by atoms with van der Waals surface area (Å²) in [4.78, 5) is 6.83. The van der Waals surface area contributed by atoms with E-state index in [0.29, 0.717) is 6.04 Å². The van der Waals surface area contributed by atoms with E-state index in [-0.39, 0.29) is 0 Å². The highest BCUT2D eigenvalue weighted by atomic mass is 32.1. The van der Waals surface area contributed by atoms with Crippen molar-refractivity contribution in [2.75, 3.05) is 6.54 Å². The number of aryl methyl sites for hydroxylation is 1. The Morgan fingerprint density at radius 3 is 2.45 bits per heavy atom. The first kappa shape index (κ1) is 13.5. The van der Waals surface area contributed by atoms with E-state index in [1.54, 1.807) is 0 Å². The lowest BCUT2D eigenvalue weighted by atomic mass is 10.2. The summed E-state index contributed by atoms with van der Waals surface area (Å²) >= 11 is 3.63. The average molecular weight is 303 g/mol. The molecule has 3 aromatic rings. The molecule has 20 heavy (non-hydrogen) atoms. The lowest BCUT2D eigenvalue weighted by molar-refractivity contribution is 0.551. The van der Waals surface area contributed by atoms with Crippen molar-refractivity contribution in [1.29, 1.82) is 0 Å². The Hall–Kier alpha value is -1.43. The molecule has 3 heterocycles. The zero-order valence-corrected chi connectivity index (χ0v) is 12.7. The van der Waals surface area contributed by atoms with Crippen LogP contribution in [-0.2, 0) is 6.54 Å². The molecule has 0 atom stereocenters. The van der Waals surface area contributed by atoms with Gasteiger partial charge < -0.3 is 9.88 Å². The van der Waals surface area contributed by atoms with E-state index in [4.69, 9.17) is 0 Å². The van der Waals surface area contributed by atoms with Crippen molar-refractivity contribution in [3.63, 3.8) is 0 Å². The topological polar surface area (TPSA) is 29.9 Å². The van der Waals surface area contributed by atoms with Gasteiger partial charge in [-0.2, -0.15) is 0 Å². The molecule has 3 aromatic heterocycles. The molecule has 0 aliphatic heterocycles. The first-order valence-corrected chi connectivity index (χ1v) is 8.45. The van der Waals surface area contributed by atoms with E-state index in [0.717, 1.165) is 19.5 Å². The second kappa shape index (κ2) is 6.83. The number of nitrogens with one attached hydrogen (secondary N) is 1. The third kappa shape index (κ3) is 3.36. The van der Waals surface area contributed by atoms with Crippen LogP contribution in [0.1, 0.15) is 22.2 Å². The van der Waals surface area contributed by atoms with Crippen LogP contribution in [0.4, 0.5) is 0 Å². The minimum atomic E-state index is 0.331. The molecule has 3 nitrogen and oxygen atoms in total. The summed E-state index contributed by atoms with van der Waals surface area (Å²) in [6.07, 6.45) is 6.81. The van der Waals surface area contributed by atoms with E-state index in [1.807, 2.05) is 41.4 Å². The SMILES string of the molecule is c1csc(C(NCCCn2ccnc2)c2cccs2)c1. The molecule has 0 unspecified atom stereocenters. The van der Waals surface area contributed by atoms with Gasteiger partial charge in [-0.3, -0.25) is 0 Å². The third-order valence-electron chi connectivity index (χ3n) is 3.16. The van der Waals surface area contributed by atoms with Crippen LogP contribution >= 0.6 is 22.7 Å². The average Bonchev–Trinajstić information content (AvgIpc) is 3.22. The van der Waals surface area contributed by atoms with E-state index in [2.05, 4.69) is 49.9 Å². The molecule has 1 N–H and O–H groups in total. The normalized spacial score (nSPS) is 11.2. The maximum atomic E-state index is 4.06. The zero-order valence-electron chi connectivity index (χ0n) is 11.1. The second-order valence-electron chi connectivity index (χ2n) is 4.57. The van der Waals surface area contributed by atoms with Gasteiger partial charge in [0.1, 0.15) is 0 Å². The van der Waals surface area contributed by atoms with Crippen molar-refractivity contribution in [3.05, 3.63) is 63.5 Å². The van der Waals surface area contributed by atoms with Crippen LogP contribution in [0.5, 0.6) is 0 Å². The van der Waals surface area contributed by atoms with Crippen molar-refractivity contribution in [1.82, 2.24) is 14.9 Å². The van der Waals surface area contributed by atoms with Crippen molar-refractivity contribution in [3.8, 4) is 0 Å². The molecule has 0 saturated heterocycles. The van der Waals surface area contributed by atoms with Gasteiger partial charge in [-0.15, -0.1) is 22.7 Å². The summed E-state index contributed by atoms with van der Waals surface area (Å²) in [5.41, 5.74) is 0. The quantitative estimate of drug-likeness (QED) is 0.673. The molecule has 0 spiro atoms. The monoisotopic (exact) mass is 303 g/mol. The molecule has 0 fully saturated rings. The Morgan fingerprint density at radius 1 is 1.15 bits per heavy atom. The molecule has 0 aliphatic rings. The maximum absolute atomic E-state index is 4.06. The number of imidazole rings is 1. The lowest BCUT2D eigenvalue weighted by Gasteiger charge is -2.16. The molecule has 0 bridgehead atoms. The molecule has 5 heteroatoms. The third-order valence-corrected chi connectivity index (χ3v) is 5.03. The van der Waals surface area contributed by atoms with Gasteiger partial charge in [0.2, 0.25) is 0 Å². The van der Waals surface area contributed by atoms with E-state index in [1.165, 1.54) is 9.75 Å². The predicted molar refractivity (Wildman–Crippen MR) is 85.3 cm³/mol. The molecule has 0 aromatic carbocycles. The number of hydrogen-bond acceptors (Lipinski definition) is 4. The standard InChI is InChI=1S/C15H17N3S2/c1-4-13(19-10-1)15(14-5-2-11-20-14)17-6-3-8-18-9-7-16-12-18/h1-2,4-5,7,9-12,15,17H,3,6,8H2. The summed E-state index contributed by atoms with van der Waals surface area (Å²) in [6.45, 7) is 2.01. The summed E-state index contributed by atoms with van der Waals surface area (Å²) in [5, 5.41) is 7.96. The maximum Gasteiger partial charge on any atom is 0.0945 e. The summed E-state index contributed by atoms with van der Waals surface area (Å²) in [7, 11) is 0. The van der Waals surface area contributed by atoms with E-state index >= 15 is 0 Å². The number of hydrogen-bond donors (Lipinski definition) is 1. The van der Waals surface area contributed by atoms with Crippen LogP contribution in [0.2, 0.25) is 0 Å². The molecular weight excluding hydrogens is 286 g/mol. The minimum Gasteiger partial charge on any atom is -0.337 e. The van der Waals surface area contributed by atoms with Crippen LogP contribution in [0.25, 0.3) is 0 Å². The number of nitrogens with zero attached hydrogens (tertiary/aromatic N) is 2. The number of thiophene rings is 2. The highest BCUT2D eigenvalue weighted by Gasteiger charge is 2.14. The summed E-state index contributed by atoms with van der Waals surface area (Å²) in [6, 6.07) is 8.98. The fraction of sp³-hybridized carbons (Fsp3) is 0.267. The van der Waals surface area contributed by atoms with E-state index in [9.17, 15) is 0 Å². The smallest absolute Gasteiger partial charge is 0.0945 e. The van der Waals surface area contributed by atoms with E-state index < -0.39 is 0 Å². The lowest BCUT2D eigenvalue weighted by Crippen LogP contribution is -2.22. The van der Waals surface area contributed by atoms with Gasteiger partial charge in [-0.25, -0.2) is 4.98 Å². The van der Waals surface area contributed by atoms with Gasteiger partial charge >= 0.3 is 0 Å². The highest BCUT2D eigenvalue weighted by molar-refractivity contribution is 7.11. The van der Waals surface area contributed by atoms with Gasteiger partial charge in [0, 0.05) is 28.7 Å². The number of rotatable bonds is 7. The van der Waals surface area contributed by atoms with Crippen molar-refractivity contribution < 1.29 is 0 Å². The van der Waals surface area contributed by atoms with Gasteiger partial charge in [0.15, 0.2) is 0 Å². The highest BCUT2D eigenvalue weighted by Crippen LogP contribution is 2.28. The molecule has 3 rings (SSSR count). The largest absolute Gasteiger partial charge is 0.337 e. The van der Waals surface area contributed by atoms with Crippen LogP contribution in [0.15, 0.2) is 53.7 Å². The Kier molecular flexibility index (Phi) is 4.63. The first-order chi connectivity index (χ1) is 9.93. The second-order valence-corrected chi connectivity index (χ2v) is 6.53. The number of aromatic nitrogens is 2. The molecule has 0 amide bonds. The first-order valence-electron chi connectivity index (χ1n) is 6.69. The molecular formula is C15H17N3S2. The summed E-state index contributed by atoms with van der Waals surface area (Å²) in [5.74, 6) is 0. The van der Waals surface area contributed by atoms with Gasteiger partial charge in [-0.05, 0) is 35.9 Å². The molecule has 0 saturated carbocycles. The zero-order chi connectivity index (χ0) is 13.6. The van der Waals surface area contributed by atoms with Crippen molar-refractivity contribution in [2.24, 2.45) is 0 Å². The Labute approximate surface area is 126 Å². The summed E-state index contributed by atoms with van der Waals surface area (Å²) < 4.78 is 2.12. The Balaban J connectivity index is 1.57. The minimum absolute atomic E-state index is 0.331. The Bertz CT molecular complexity index is 551. The Morgan fingerprint density at radius 2 is 1.90 bits per heavy atom. The van der Waals surface area contributed by atoms with Gasteiger partial charge in [-0.1, -0.05) is 12.1 Å². The molecule has 0 radical (unpaired) electrons. The van der Waals surface area contributed by atoms with Crippen LogP contribution in [0.3, 0.4) is 0 Å². The van der Waals surface area contributed by atoms with Gasteiger partial charge in [0.05, 0.1) is 12.4 Å². The fourth-order valence-electron chi connectivity index (χ4n) is 2.18. The van der Waals surface area contributed by atoms with Gasteiger partial charge in [0.25, 0.3) is 0 Å². The van der Waals surface area contributed by atoms with Crippen LogP contribution in [-0.4, -0.2) is 16.1 Å².